The van der Waals surface area contributed by atoms with Crippen LogP contribution in [0.25, 0.3) is 5.57 Å². The lowest BCUT2D eigenvalue weighted by Crippen LogP contribution is -2.19. The molecule has 2 amide bonds. The third-order valence-corrected chi connectivity index (χ3v) is 4.04. The second-order valence-corrected chi connectivity index (χ2v) is 5.13. The first kappa shape index (κ1) is 10.7. The van der Waals surface area contributed by atoms with E-state index in [0.717, 1.165) is 28.5 Å². The SMILES string of the molecule is O=C1C/C(=C2\CCc3c(Br)cccc32)C(=O)N1. The zero-order chi connectivity index (χ0) is 12.0. The molecule has 1 aromatic carbocycles. The summed E-state index contributed by atoms with van der Waals surface area (Å²) in [5.41, 5.74) is 4.03. The lowest BCUT2D eigenvalue weighted by Gasteiger charge is -2.04. The Bertz CT molecular complexity index is 575. The maximum Gasteiger partial charge on any atom is 0.254 e. The van der Waals surface area contributed by atoms with Crippen LogP contribution in [0.5, 0.6) is 0 Å². The Morgan fingerprint density at radius 3 is 2.65 bits per heavy atom. The summed E-state index contributed by atoms with van der Waals surface area (Å²) in [5, 5.41) is 2.34. The summed E-state index contributed by atoms with van der Waals surface area (Å²) >= 11 is 3.52. The predicted molar refractivity (Wildman–Crippen MR) is 67.1 cm³/mol. The largest absolute Gasteiger partial charge is 0.292 e. The van der Waals surface area contributed by atoms with E-state index < -0.39 is 0 Å². The molecule has 0 radical (unpaired) electrons. The Balaban J connectivity index is 2.16. The molecule has 3 nitrogen and oxygen atoms in total. The van der Waals surface area contributed by atoms with E-state index in [2.05, 4.69) is 21.2 Å². The van der Waals surface area contributed by atoms with Crippen molar-refractivity contribution < 1.29 is 9.59 Å². The molecule has 86 valence electrons. The summed E-state index contributed by atoms with van der Waals surface area (Å²) in [7, 11) is 0. The average Bonchev–Trinajstić information content (AvgIpc) is 2.83. The van der Waals surface area contributed by atoms with Gasteiger partial charge in [0.2, 0.25) is 5.91 Å². The Morgan fingerprint density at radius 2 is 1.94 bits per heavy atom. The van der Waals surface area contributed by atoms with Crippen molar-refractivity contribution in [2.75, 3.05) is 0 Å². The molecule has 0 aromatic heterocycles. The van der Waals surface area contributed by atoms with E-state index >= 15 is 0 Å². The van der Waals surface area contributed by atoms with Gasteiger partial charge in [0, 0.05) is 10.0 Å². The summed E-state index contributed by atoms with van der Waals surface area (Å²) in [5.74, 6) is -0.418. The van der Waals surface area contributed by atoms with Crippen LogP contribution in [-0.4, -0.2) is 11.8 Å². The zero-order valence-electron chi connectivity index (χ0n) is 9.05. The van der Waals surface area contributed by atoms with Crippen LogP contribution in [0.15, 0.2) is 28.2 Å². The lowest BCUT2D eigenvalue weighted by molar-refractivity contribution is -0.124. The van der Waals surface area contributed by atoms with Crippen molar-refractivity contribution in [1.82, 2.24) is 5.32 Å². The second kappa shape index (κ2) is 3.81. The standard InChI is InChI=1S/C13H10BrNO2/c14-11-3-1-2-7-8(4-5-9(7)11)10-6-12(16)15-13(10)17/h1-3H,4-6H2,(H,15,16,17)/b10-8-. The molecule has 1 N–H and O–H groups in total. The van der Waals surface area contributed by atoms with Gasteiger partial charge >= 0.3 is 0 Å². The van der Waals surface area contributed by atoms with Crippen molar-refractivity contribution in [2.24, 2.45) is 0 Å². The normalized spacial score (nSPS) is 22.9. The van der Waals surface area contributed by atoms with Gasteiger partial charge in [-0.1, -0.05) is 28.1 Å². The van der Waals surface area contributed by atoms with Gasteiger partial charge in [-0.15, -0.1) is 0 Å². The fraction of sp³-hybridized carbons (Fsp3) is 0.231. The van der Waals surface area contributed by atoms with E-state index in [-0.39, 0.29) is 18.2 Å². The average molecular weight is 292 g/mol. The van der Waals surface area contributed by atoms with Crippen molar-refractivity contribution in [3.05, 3.63) is 39.4 Å². The minimum atomic E-state index is -0.224. The lowest BCUT2D eigenvalue weighted by atomic mass is 10.0. The minimum absolute atomic E-state index is 0.194. The van der Waals surface area contributed by atoms with E-state index in [1.807, 2.05) is 18.2 Å². The molecule has 3 rings (SSSR count). The zero-order valence-corrected chi connectivity index (χ0v) is 10.6. The van der Waals surface area contributed by atoms with E-state index in [4.69, 9.17) is 0 Å². The number of amides is 2. The predicted octanol–water partition coefficient (Wildman–Crippen LogP) is 2.20. The molecule has 1 fully saturated rings. The molecule has 0 spiro atoms. The van der Waals surface area contributed by atoms with Gasteiger partial charge in [0.15, 0.2) is 0 Å². The summed E-state index contributed by atoms with van der Waals surface area (Å²) in [4.78, 5) is 22.9. The molecule has 0 unspecified atom stereocenters. The van der Waals surface area contributed by atoms with Crippen molar-refractivity contribution in [1.29, 1.82) is 0 Å². The van der Waals surface area contributed by atoms with Gasteiger partial charge in [-0.3, -0.25) is 14.9 Å². The number of imide groups is 1. The molecule has 17 heavy (non-hydrogen) atoms. The van der Waals surface area contributed by atoms with Crippen LogP contribution in [0.3, 0.4) is 0 Å². The number of allylic oxidation sites excluding steroid dienone is 1. The quantitative estimate of drug-likeness (QED) is 0.588. The van der Waals surface area contributed by atoms with Gasteiger partial charge < -0.3 is 0 Å². The molecule has 0 bridgehead atoms. The van der Waals surface area contributed by atoms with E-state index in [9.17, 15) is 9.59 Å². The number of carbonyl (C=O) groups excluding carboxylic acids is 2. The third-order valence-electron chi connectivity index (χ3n) is 3.30. The third kappa shape index (κ3) is 1.63. The highest BCUT2D eigenvalue weighted by molar-refractivity contribution is 9.10. The Hall–Kier alpha value is -1.42. The summed E-state index contributed by atoms with van der Waals surface area (Å²) in [6.07, 6.45) is 1.99. The Morgan fingerprint density at radius 1 is 1.12 bits per heavy atom. The fourth-order valence-corrected chi connectivity index (χ4v) is 3.09. The number of halogens is 1. The van der Waals surface area contributed by atoms with Crippen molar-refractivity contribution in [3.63, 3.8) is 0 Å². The minimum Gasteiger partial charge on any atom is -0.292 e. The molecule has 1 aromatic rings. The number of hydrogen-bond donors (Lipinski definition) is 1. The first-order valence-corrected chi connectivity index (χ1v) is 6.30. The van der Waals surface area contributed by atoms with Crippen LogP contribution in [0.4, 0.5) is 0 Å². The molecule has 2 aliphatic rings. The highest BCUT2D eigenvalue weighted by Crippen LogP contribution is 2.39. The van der Waals surface area contributed by atoms with Crippen molar-refractivity contribution in [2.45, 2.75) is 19.3 Å². The number of rotatable bonds is 0. The van der Waals surface area contributed by atoms with Crippen LogP contribution >= 0.6 is 15.9 Å². The molecule has 0 atom stereocenters. The monoisotopic (exact) mass is 291 g/mol. The number of nitrogens with one attached hydrogen (secondary N) is 1. The fourth-order valence-electron chi connectivity index (χ4n) is 2.52. The van der Waals surface area contributed by atoms with Gasteiger partial charge in [0.25, 0.3) is 5.91 Å². The molecule has 1 saturated heterocycles. The summed E-state index contributed by atoms with van der Waals surface area (Å²) in [6.45, 7) is 0. The van der Waals surface area contributed by atoms with Gasteiger partial charge in [0.05, 0.1) is 6.42 Å². The molecule has 4 heteroatoms. The smallest absolute Gasteiger partial charge is 0.254 e. The number of fused-ring (bicyclic) bond motifs is 1. The Kier molecular flexibility index (Phi) is 2.40. The van der Waals surface area contributed by atoms with Gasteiger partial charge in [-0.25, -0.2) is 0 Å². The first-order chi connectivity index (χ1) is 8.16. The van der Waals surface area contributed by atoms with E-state index in [1.54, 1.807) is 0 Å². The maximum atomic E-state index is 11.7. The van der Waals surface area contributed by atoms with E-state index in [1.165, 1.54) is 5.56 Å². The second-order valence-electron chi connectivity index (χ2n) is 4.28. The maximum absolute atomic E-state index is 11.7. The molecule has 1 aliphatic carbocycles. The Labute approximate surface area is 107 Å². The van der Waals surface area contributed by atoms with Crippen LogP contribution < -0.4 is 5.32 Å². The molecule has 1 aliphatic heterocycles. The van der Waals surface area contributed by atoms with Crippen LogP contribution in [0.1, 0.15) is 24.0 Å². The van der Waals surface area contributed by atoms with E-state index in [0.29, 0.717) is 5.57 Å². The molecule has 0 saturated carbocycles. The number of benzene rings is 1. The van der Waals surface area contributed by atoms with Crippen LogP contribution in [0.2, 0.25) is 0 Å². The highest BCUT2D eigenvalue weighted by atomic mass is 79.9. The van der Waals surface area contributed by atoms with Gasteiger partial charge in [-0.2, -0.15) is 0 Å². The van der Waals surface area contributed by atoms with Crippen LogP contribution in [-0.2, 0) is 16.0 Å². The highest BCUT2D eigenvalue weighted by Gasteiger charge is 2.30. The molecule has 1 heterocycles. The number of hydrogen-bond acceptors (Lipinski definition) is 2. The van der Waals surface area contributed by atoms with Crippen molar-refractivity contribution in [3.8, 4) is 0 Å². The van der Waals surface area contributed by atoms with Gasteiger partial charge in [0.1, 0.15) is 0 Å². The number of carbonyl (C=O) groups is 2. The first-order valence-electron chi connectivity index (χ1n) is 5.51. The van der Waals surface area contributed by atoms with Crippen LogP contribution in [0, 0.1) is 0 Å². The van der Waals surface area contributed by atoms with Gasteiger partial charge in [-0.05, 0) is 35.6 Å². The summed E-state index contributed by atoms with van der Waals surface area (Å²) in [6, 6.07) is 5.99. The van der Waals surface area contributed by atoms with Crippen molar-refractivity contribution >= 4 is 33.3 Å². The topological polar surface area (TPSA) is 46.2 Å². The molecular formula is C13H10BrNO2. The summed E-state index contributed by atoms with van der Waals surface area (Å²) < 4.78 is 1.08. The molecular weight excluding hydrogens is 282 g/mol.